The van der Waals surface area contributed by atoms with Crippen molar-refractivity contribution in [2.45, 2.75) is 58.8 Å². The van der Waals surface area contributed by atoms with Crippen LogP contribution in [0.15, 0.2) is 72.8 Å². The summed E-state index contributed by atoms with van der Waals surface area (Å²) in [6.45, 7) is 4.60. The van der Waals surface area contributed by atoms with Gasteiger partial charge in [-0.15, -0.1) is 0 Å². The summed E-state index contributed by atoms with van der Waals surface area (Å²) in [5.74, 6) is 0. The van der Waals surface area contributed by atoms with Crippen molar-refractivity contribution in [2.24, 2.45) is 0 Å². The standard InChI is InChI=1S/C31H32/c1-3-5-7-17-27-30-20-24-14-10-8-12-22(24)18-28(30)26(16-6-4-2)29-19-23-13-9-11-15-25(23)21-31(27)29/h8-15,18-21H,3-7,16-17H2,1-2H3. The second-order valence-corrected chi connectivity index (χ2v) is 9.01. The van der Waals surface area contributed by atoms with Gasteiger partial charge in [0.25, 0.3) is 0 Å². The maximum absolute atomic E-state index is 2.47. The Labute approximate surface area is 185 Å². The highest BCUT2D eigenvalue weighted by Crippen LogP contribution is 2.39. The predicted octanol–water partition coefficient (Wildman–Crippen LogP) is 9.37. The Morgan fingerprint density at radius 2 is 0.806 bits per heavy atom. The SMILES string of the molecule is CCCCCc1c2cc3ccccc3cc2c(CCCC)c2cc3ccccc3cc12. The van der Waals surface area contributed by atoms with E-state index in [1.54, 1.807) is 11.1 Å². The van der Waals surface area contributed by atoms with Gasteiger partial charge in [0.15, 0.2) is 0 Å². The van der Waals surface area contributed by atoms with Crippen LogP contribution in [0.2, 0.25) is 0 Å². The third-order valence-electron chi connectivity index (χ3n) is 6.88. The summed E-state index contributed by atoms with van der Waals surface area (Å²) in [6.07, 6.45) is 8.58. The Hall–Kier alpha value is -2.86. The van der Waals surface area contributed by atoms with Gasteiger partial charge in [-0.25, -0.2) is 0 Å². The summed E-state index contributed by atoms with van der Waals surface area (Å²) >= 11 is 0. The van der Waals surface area contributed by atoms with Gasteiger partial charge in [0.05, 0.1) is 0 Å². The number of unbranched alkanes of at least 4 members (excludes halogenated alkanes) is 3. The monoisotopic (exact) mass is 404 g/mol. The van der Waals surface area contributed by atoms with Crippen molar-refractivity contribution < 1.29 is 0 Å². The van der Waals surface area contributed by atoms with Gasteiger partial charge in [-0.3, -0.25) is 0 Å². The molecule has 0 aromatic heterocycles. The van der Waals surface area contributed by atoms with Crippen LogP contribution >= 0.6 is 0 Å². The summed E-state index contributed by atoms with van der Waals surface area (Å²) < 4.78 is 0. The summed E-state index contributed by atoms with van der Waals surface area (Å²) in [4.78, 5) is 0. The van der Waals surface area contributed by atoms with Crippen molar-refractivity contribution in [1.82, 2.24) is 0 Å². The number of aryl methyl sites for hydroxylation is 2. The van der Waals surface area contributed by atoms with E-state index >= 15 is 0 Å². The lowest BCUT2D eigenvalue weighted by atomic mass is 9.85. The average molecular weight is 405 g/mol. The zero-order valence-electron chi connectivity index (χ0n) is 18.9. The van der Waals surface area contributed by atoms with E-state index < -0.39 is 0 Å². The number of fused-ring (bicyclic) bond motifs is 4. The molecule has 0 saturated heterocycles. The molecule has 0 fully saturated rings. The topological polar surface area (TPSA) is 0 Å². The van der Waals surface area contributed by atoms with Gasteiger partial charge in [-0.05, 0) is 104 Å². The van der Waals surface area contributed by atoms with Crippen LogP contribution in [-0.4, -0.2) is 0 Å². The molecule has 0 nitrogen and oxygen atoms in total. The van der Waals surface area contributed by atoms with Gasteiger partial charge in [0, 0.05) is 0 Å². The predicted molar refractivity (Wildman–Crippen MR) is 138 cm³/mol. The Bertz CT molecular complexity index is 1280. The van der Waals surface area contributed by atoms with Crippen LogP contribution in [0.1, 0.15) is 57.1 Å². The fourth-order valence-electron chi connectivity index (χ4n) is 5.21. The van der Waals surface area contributed by atoms with E-state index in [9.17, 15) is 0 Å². The van der Waals surface area contributed by atoms with Crippen LogP contribution in [0.4, 0.5) is 0 Å². The van der Waals surface area contributed by atoms with E-state index in [4.69, 9.17) is 0 Å². The Balaban J connectivity index is 1.91. The van der Waals surface area contributed by atoms with E-state index in [-0.39, 0.29) is 0 Å². The van der Waals surface area contributed by atoms with Gasteiger partial charge in [-0.1, -0.05) is 81.6 Å². The van der Waals surface area contributed by atoms with Crippen LogP contribution in [-0.2, 0) is 12.8 Å². The minimum absolute atomic E-state index is 1.15. The first kappa shape index (κ1) is 20.1. The van der Waals surface area contributed by atoms with Crippen LogP contribution < -0.4 is 0 Å². The van der Waals surface area contributed by atoms with E-state index in [1.165, 1.54) is 75.2 Å². The fourth-order valence-corrected chi connectivity index (χ4v) is 5.21. The number of hydrogen-bond acceptors (Lipinski definition) is 0. The van der Waals surface area contributed by atoms with Crippen LogP contribution in [0.5, 0.6) is 0 Å². The molecular formula is C31H32. The maximum Gasteiger partial charge on any atom is -0.0136 e. The largest absolute Gasteiger partial charge is 0.0654 e. The van der Waals surface area contributed by atoms with Crippen LogP contribution in [0, 0.1) is 0 Å². The highest BCUT2D eigenvalue weighted by atomic mass is 14.2. The molecule has 5 rings (SSSR count). The summed E-state index contributed by atoms with van der Waals surface area (Å²) in [7, 11) is 0. The molecule has 0 spiro atoms. The normalized spacial score (nSPS) is 11.8. The van der Waals surface area contributed by atoms with Crippen molar-refractivity contribution in [1.29, 1.82) is 0 Å². The highest BCUT2D eigenvalue weighted by molar-refractivity contribution is 6.13. The molecular weight excluding hydrogens is 372 g/mol. The molecule has 0 unspecified atom stereocenters. The molecule has 0 saturated carbocycles. The van der Waals surface area contributed by atoms with E-state index in [1.807, 2.05) is 0 Å². The third-order valence-corrected chi connectivity index (χ3v) is 6.88. The van der Waals surface area contributed by atoms with Gasteiger partial charge >= 0.3 is 0 Å². The molecule has 31 heavy (non-hydrogen) atoms. The molecule has 0 aliphatic rings. The molecule has 0 atom stereocenters. The lowest BCUT2D eigenvalue weighted by Crippen LogP contribution is -1.98. The first-order valence-electron chi connectivity index (χ1n) is 12.1. The second kappa shape index (κ2) is 8.71. The van der Waals surface area contributed by atoms with Crippen molar-refractivity contribution in [3.05, 3.63) is 83.9 Å². The van der Waals surface area contributed by atoms with E-state index in [0.29, 0.717) is 0 Å². The smallest absolute Gasteiger partial charge is 0.0136 e. The summed E-state index contributed by atoms with van der Waals surface area (Å²) in [6, 6.07) is 27.6. The molecule has 156 valence electrons. The van der Waals surface area contributed by atoms with E-state index in [2.05, 4.69) is 86.6 Å². The molecule has 0 amide bonds. The zero-order chi connectivity index (χ0) is 21.2. The van der Waals surface area contributed by atoms with Gasteiger partial charge in [0.1, 0.15) is 0 Å². The fraction of sp³-hybridized carbons (Fsp3) is 0.290. The maximum atomic E-state index is 2.47. The number of benzene rings is 5. The summed E-state index contributed by atoms with van der Waals surface area (Å²) in [5, 5.41) is 11.3. The third kappa shape index (κ3) is 3.69. The molecule has 5 aromatic carbocycles. The first-order valence-corrected chi connectivity index (χ1v) is 12.1. The Morgan fingerprint density at radius 1 is 0.452 bits per heavy atom. The van der Waals surface area contributed by atoms with Gasteiger partial charge in [-0.2, -0.15) is 0 Å². The van der Waals surface area contributed by atoms with Crippen LogP contribution in [0.3, 0.4) is 0 Å². The lowest BCUT2D eigenvalue weighted by Gasteiger charge is -2.19. The molecule has 0 bridgehead atoms. The Kier molecular flexibility index (Phi) is 5.64. The van der Waals surface area contributed by atoms with Crippen molar-refractivity contribution >= 4 is 43.1 Å². The minimum Gasteiger partial charge on any atom is -0.0654 e. The van der Waals surface area contributed by atoms with Gasteiger partial charge < -0.3 is 0 Å². The lowest BCUT2D eigenvalue weighted by molar-refractivity contribution is 0.721. The van der Waals surface area contributed by atoms with E-state index in [0.717, 1.165) is 12.8 Å². The summed E-state index contributed by atoms with van der Waals surface area (Å²) in [5.41, 5.74) is 3.10. The molecule has 5 aromatic rings. The second-order valence-electron chi connectivity index (χ2n) is 9.01. The highest BCUT2D eigenvalue weighted by Gasteiger charge is 2.15. The average Bonchev–Trinajstić information content (AvgIpc) is 2.81. The number of hydrogen-bond donors (Lipinski definition) is 0. The van der Waals surface area contributed by atoms with Crippen LogP contribution in [0.25, 0.3) is 43.1 Å². The number of rotatable bonds is 7. The van der Waals surface area contributed by atoms with Crippen molar-refractivity contribution in [2.75, 3.05) is 0 Å². The molecule has 0 heterocycles. The Morgan fingerprint density at radius 3 is 1.16 bits per heavy atom. The minimum atomic E-state index is 1.15. The van der Waals surface area contributed by atoms with Crippen molar-refractivity contribution in [3.63, 3.8) is 0 Å². The van der Waals surface area contributed by atoms with Gasteiger partial charge in [0.2, 0.25) is 0 Å². The van der Waals surface area contributed by atoms with Crippen molar-refractivity contribution in [3.8, 4) is 0 Å². The molecule has 0 heteroatoms. The molecule has 0 N–H and O–H groups in total. The first-order chi connectivity index (χ1) is 15.3. The molecule has 0 aliphatic heterocycles. The quantitative estimate of drug-likeness (QED) is 0.187. The molecule has 0 aliphatic carbocycles. The zero-order valence-corrected chi connectivity index (χ0v) is 18.9. The molecule has 0 radical (unpaired) electrons.